The van der Waals surface area contributed by atoms with Crippen LogP contribution in [0.25, 0.3) is 0 Å². The number of aromatic nitrogens is 1. The van der Waals surface area contributed by atoms with E-state index in [-0.39, 0.29) is 0 Å². The molecule has 2 aromatic rings. The fourth-order valence-corrected chi connectivity index (χ4v) is 2.46. The molecule has 8 heteroatoms. The third-order valence-electron chi connectivity index (χ3n) is 2.92. The van der Waals surface area contributed by atoms with E-state index in [9.17, 15) is 17.2 Å². The molecule has 0 fully saturated rings. The van der Waals surface area contributed by atoms with Crippen molar-refractivity contribution >= 4 is 15.5 Å². The van der Waals surface area contributed by atoms with Gasteiger partial charge in [0.15, 0.2) is 0 Å². The van der Waals surface area contributed by atoms with Gasteiger partial charge in [-0.25, -0.2) is 13.4 Å². The third kappa shape index (κ3) is 3.70. The van der Waals surface area contributed by atoms with Crippen LogP contribution in [-0.2, 0) is 16.4 Å². The molecule has 0 spiro atoms. The molecule has 0 aliphatic heterocycles. The van der Waals surface area contributed by atoms with Crippen LogP contribution in [0.2, 0.25) is 0 Å². The Kier molecular flexibility index (Phi) is 4.92. The number of nitrogens with one attached hydrogen (secondary N) is 1. The number of anilines is 1. The summed E-state index contributed by atoms with van der Waals surface area (Å²) in [6, 6.07) is 8.73. The number of ether oxygens (including phenoxy) is 1. The van der Waals surface area contributed by atoms with Crippen molar-refractivity contribution in [3.8, 4) is 5.88 Å². The average molecular weight is 328 g/mol. The summed E-state index contributed by atoms with van der Waals surface area (Å²) in [7, 11) is -3.04. The van der Waals surface area contributed by atoms with Crippen LogP contribution >= 0.6 is 0 Å². The number of hydrogen-bond donors (Lipinski definition) is 1. The summed E-state index contributed by atoms with van der Waals surface area (Å²) in [5, 5.41) is 3.05. The van der Waals surface area contributed by atoms with Gasteiger partial charge < -0.3 is 10.1 Å². The molecule has 1 heterocycles. The van der Waals surface area contributed by atoms with E-state index >= 15 is 0 Å². The van der Waals surface area contributed by atoms with Gasteiger partial charge in [-0.15, -0.1) is 0 Å². The molecular formula is C14H14F2N2O3S. The molecule has 1 aromatic heterocycles. The Morgan fingerprint density at radius 1 is 1.23 bits per heavy atom. The minimum atomic E-state index is -4.56. The Bertz CT molecular complexity index is 734. The Morgan fingerprint density at radius 2 is 1.91 bits per heavy atom. The molecule has 1 aromatic carbocycles. The van der Waals surface area contributed by atoms with Crippen molar-refractivity contribution in [2.75, 3.05) is 12.4 Å². The number of sulfone groups is 1. The predicted octanol–water partition coefficient (Wildman–Crippen LogP) is 2.70. The highest BCUT2D eigenvalue weighted by molar-refractivity contribution is 7.91. The highest BCUT2D eigenvalue weighted by Gasteiger charge is 2.26. The number of pyridine rings is 1. The largest absolute Gasteiger partial charge is 0.481 e. The Balaban J connectivity index is 2.05. The van der Waals surface area contributed by atoms with Crippen molar-refractivity contribution < 1.29 is 21.9 Å². The van der Waals surface area contributed by atoms with Crippen LogP contribution in [0.4, 0.5) is 14.5 Å². The summed E-state index contributed by atoms with van der Waals surface area (Å²) >= 11 is 0. The highest BCUT2D eigenvalue weighted by Crippen LogP contribution is 2.20. The normalized spacial score (nSPS) is 11.5. The summed E-state index contributed by atoms with van der Waals surface area (Å²) in [4.78, 5) is 3.58. The molecule has 0 atom stereocenters. The summed E-state index contributed by atoms with van der Waals surface area (Å²) in [6.45, 7) is 0.458. The number of rotatable bonds is 6. The quantitative estimate of drug-likeness (QED) is 0.883. The second-order valence-electron chi connectivity index (χ2n) is 4.39. The Hall–Kier alpha value is -2.22. The lowest BCUT2D eigenvalue weighted by atomic mass is 10.2. The first-order chi connectivity index (χ1) is 10.4. The smallest absolute Gasteiger partial charge is 0.341 e. The summed E-state index contributed by atoms with van der Waals surface area (Å²) in [6.07, 6.45) is 1.61. The van der Waals surface area contributed by atoms with Gasteiger partial charge in [0, 0.05) is 24.5 Å². The molecule has 0 saturated carbocycles. The van der Waals surface area contributed by atoms with Crippen molar-refractivity contribution in [1.29, 1.82) is 0 Å². The van der Waals surface area contributed by atoms with Crippen LogP contribution < -0.4 is 10.1 Å². The van der Waals surface area contributed by atoms with E-state index in [1.807, 2.05) is 0 Å². The monoisotopic (exact) mass is 328 g/mol. The van der Waals surface area contributed by atoms with Crippen LogP contribution in [0.5, 0.6) is 5.88 Å². The molecule has 0 aliphatic rings. The molecular weight excluding hydrogens is 314 g/mol. The van der Waals surface area contributed by atoms with E-state index in [4.69, 9.17) is 4.74 Å². The maximum Gasteiger partial charge on any atom is 0.341 e. The van der Waals surface area contributed by atoms with E-state index in [1.54, 1.807) is 18.3 Å². The van der Waals surface area contributed by atoms with Crippen LogP contribution in [0.15, 0.2) is 47.5 Å². The lowest BCUT2D eigenvalue weighted by Crippen LogP contribution is -2.11. The van der Waals surface area contributed by atoms with E-state index < -0.39 is 20.5 Å². The maximum absolute atomic E-state index is 12.4. The van der Waals surface area contributed by atoms with Gasteiger partial charge in [-0.05, 0) is 35.9 Å². The minimum absolute atomic E-state index is 0.404. The first-order valence-electron chi connectivity index (χ1n) is 6.28. The lowest BCUT2D eigenvalue weighted by molar-refractivity contribution is 0.234. The van der Waals surface area contributed by atoms with Gasteiger partial charge in [0.2, 0.25) is 15.7 Å². The van der Waals surface area contributed by atoms with Crippen LogP contribution in [0, 0.1) is 0 Å². The highest BCUT2D eigenvalue weighted by atomic mass is 32.2. The first-order valence-corrected chi connectivity index (χ1v) is 7.83. The number of benzene rings is 1. The molecule has 118 valence electrons. The second kappa shape index (κ2) is 6.69. The summed E-state index contributed by atoms with van der Waals surface area (Å²) in [5.41, 5.74) is 1.53. The van der Waals surface area contributed by atoms with Crippen molar-refractivity contribution in [3.05, 3.63) is 48.2 Å². The average Bonchev–Trinajstić information content (AvgIpc) is 2.53. The fourth-order valence-electron chi connectivity index (χ4n) is 1.74. The van der Waals surface area contributed by atoms with Crippen LogP contribution in [0.3, 0.4) is 0 Å². The first kappa shape index (κ1) is 16.2. The van der Waals surface area contributed by atoms with E-state index in [1.165, 1.54) is 19.2 Å². The molecule has 2 rings (SSSR count). The summed E-state index contributed by atoms with van der Waals surface area (Å²) < 4.78 is 52.4. The van der Waals surface area contributed by atoms with Crippen molar-refractivity contribution in [2.45, 2.75) is 17.2 Å². The van der Waals surface area contributed by atoms with Gasteiger partial charge in [0.25, 0.3) is 0 Å². The van der Waals surface area contributed by atoms with Gasteiger partial charge >= 0.3 is 5.76 Å². The van der Waals surface area contributed by atoms with Gasteiger partial charge in [-0.2, -0.15) is 8.78 Å². The second-order valence-corrected chi connectivity index (χ2v) is 6.31. The zero-order valence-electron chi connectivity index (χ0n) is 11.7. The van der Waals surface area contributed by atoms with Crippen molar-refractivity contribution in [3.63, 3.8) is 0 Å². The Morgan fingerprint density at radius 3 is 2.50 bits per heavy atom. The fraction of sp³-hybridized carbons (Fsp3) is 0.214. The van der Waals surface area contributed by atoms with E-state index in [0.717, 1.165) is 17.7 Å². The molecule has 0 saturated heterocycles. The van der Waals surface area contributed by atoms with Gasteiger partial charge in [-0.3, -0.25) is 0 Å². The van der Waals surface area contributed by atoms with E-state index in [0.29, 0.717) is 18.1 Å². The lowest BCUT2D eigenvalue weighted by Gasteiger charge is -2.08. The SMILES string of the molecule is COc1cc(CNc2ccc(S(=O)(=O)C(F)F)cc2)ccn1. The minimum Gasteiger partial charge on any atom is -0.481 e. The number of methoxy groups -OCH3 is 1. The number of alkyl halides is 2. The zero-order valence-corrected chi connectivity index (χ0v) is 12.5. The standard InChI is InChI=1S/C14H14F2N2O3S/c1-21-13-8-10(6-7-17-13)9-18-11-2-4-12(5-3-11)22(19,20)14(15)16/h2-8,14,18H,9H2,1H3. The zero-order chi connectivity index (χ0) is 16.2. The van der Waals surface area contributed by atoms with Crippen molar-refractivity contribution in [1.82, 2.24) is 4.98 Å². The molecule has 0 bridgehead atoms. The molecule has 0 aliphatic carbocycles. The third-order valence-corrected chi connectivity index (χ3v) is 4.32. The summed E-state index contributed by atoms with van der Waals surface area (Å²) in [5.74, 6) is -2.94. The number of hydrogen-bond acceptors (Lipinski definition) is 5. The van der Waals surface area contributed by atoms with Crippen LogP contribution in [-0.4, -0.2) is 26.3 Å². The van der Waals surface area contributed by atoms with Crippen LogP contribution in [0.1, 0.15) is 5.56 Å². The van der Waals surface area contributed by atoms with E-state index in [2.05, 4.69) is 10.3 Å². The molecule has 0 amide bonds. The molecule has 1 N–H and O–H groups in total. The topological polar surface area (TPSA) is 68.3 Å². The molecule has 0 unspecified atom stereocenters. The van der Waals surface area contributed by atoms with Gasteiger partial charge in [-0.1, -0.05) is 0 Å². The molecule has 0 radical (unpaired) electrons. The molecule has 5 nitrogen and oxygen atoms in total. The maximum atomic E-state index is 12.4. The number of nitrogens with zero attached hydrogens (tertiary/aromatic N) is 1. The van der Waals surface area contributed by atoms with Crippen molar-refractivity contribution in [2.24, 2.45) is 0 Å². The predicted molar refractivity (Wildman–Crippen MR) is 77.7 cm³/mol. The van der Waals surface area contributed by atoms with Gasteiger partial charge in [0.05, 0.1) is 12.0 Å². The molecule has 22 heavy (non-hydrogen) atoms. The Labute approximate surface area is 126 Å². The number of halogens is 2. The van der Waals surface area contributed by atoms with Gasteiger partial charge in [0.1, 0.15) is 0 Å².